The normalized spacial score (nSPS) is 14.4. The van der Waals surface area contributed by atoms with Crippen LogP contribution in [0.5, 0.6) is 23.0 Å². The molecule has 2 aromatic rings. The first-order valence-corrected chi connectivity index (χ1v) is 7.36. The summed E-state index contributed by atoms with van der Waals surface area (Å²) in [6.45, 7) is 2.34. The number of rotatable bonds is 5. The standard InChI is InChI=1S/C17H17NO4/c1-3-14-16(21-10-19-14)7-12(1)5-6-18-9-13-2-4-15-17(8-13)22-11-20-15/h1-4,7-8,18H,5-6,9-11H2. The lowest BCUT2D eigenvalue weighted by Gasteiger charge is -2.07. The summed E-state index contributed by atoms with van der Waals surface area (Å²) < 4.78 is 21.4. The highest BCUT2D eigenvalue weighted by molar-refractivity contribution is 5.45. The van der Waals surface area contributed by atoms with Crippen LogP contribution in [0.15, 0.2) is 36.4 Å². The number of benzene rings is 2. The lowest BCUT2D eigenvalue weighted by molar-refractivity contribution is 0.173. The van der Waals surface area contributed by atoms with Gasteiger partial charge in [0.1, 0.15) is 0 Å². The Morgan fingerprint density at radius 3 is 2.05 bits per heavy atom. The van der Waals surface area contributed by atoms with E-state index in [1.165, 1.54) is 11.1 Å². The van der Waals surface area contributed by atoms with E-state index in [0.717, 1.165) is 42.5 Å². The Labute approximate surface area is 128 Å². The van der Waals surface area contributed by atoms with Crippen molar-refractivity contribution in [1.29, 1.82) is 0 Å². The number of hydrogen-bond donors (Lipinski definition) is 1. The van der Waals surface area contributed by atoms with Crippen LogP contribution < -0.4 is 24.3 Å². The second kappa shape index (κ2) is 5.77. The van der Waals surface area contributed by atoms with E-state index < -0.39 is 0 Å². The van der Waals surface area contributed by atoms with Crippen LogP contribution in [-0.4, -0.2) is 20.1 Å². The van der Waals surface area contributed by atoms with Crippen LogP contribution in [0.3, 0.4) is 0 Å². The highest BCUT2D eigenvalue weighted by Crippen LogP contribution is 2.33. The van der Waals surface area contributed by atoms with Gasteiger partial charge in [-0.2, -0.15) is 0 Å². The molecule has 0 amide bonds. The molecule has 114 valence electrons. The third-order valence-corrected chi connectivity index (χ3v) is 3.79. The first kappa shape index (κ1) is 13.3. The van der Waals surface area contributed by atoms with E-state index in [-0.39, 0.29) is 0 Å². The Kier molecular flexibility index (Phi) is 3.48. The number of ether oxygens (including phenoxy) is 4. The van der Waals surface area contributed by atoms with Crippen LogP contribution in [0.4, 0.5) is 0 Å². The molecule has 0 atom stereocenters. The van der Waals surface area contributed by atoms with Crippen LogP contribution in [0.25, 0.3) is 0 Å². The lowest BCUT2D eigenvalue weighted by Crippen LogP contribution is -2.16. The molecule has 2 aliphatic heterocycles. The third kappa shape index (κ3) is 2.67. The van der Waals surface area contributed by atoms with Gasteiger partial charge in [-0.3, -0.25) is 0 Å². The molecule has 0 bridgehead atoms. The number of hydrogen-bond acceptors (Lipinski definition) is 5. The monoisotopic (exact) mass is 299 g/mol. The third-order valence-electron chi connectivity index (χ3n) is 3.79. The molecule has 22 heavy (non-hydrogen) atoms. The van der Waals surface area contributed by atoms with E-state index in [1.54, 1.807) is 0 Å². The molecule has 4 rings (SSSR count). The maximum Gasteiger partial charge on any atom is 0.231 e. The maximum atomic E-state index is 5.39. The molecule has 0 aliphatic carbocycles. The average molecular weight is 299 g/mol. The molecule has 0 aromatic heterocycles. The van der Waals surface area contributed by atoms with E-state index in [1.807, 2.05) is 24.3 Å². The zero-order chi connectivity index (χ0) is 14.8. The Balaban J connectivity index is 1.29. The molecule has 0 fully saturated rings. The molecule has 2 aromatic carbocycles. The SMILES string of the molecule is c1cc2c(cc1CCNCc1ccc3c(c1)OCO3)OCO2. The molecule has 0 unspecified atom stereocenters. The first-order valence-electron chi connectivity index (χ1n) is 7.36. The van der Waals surface area contributed by atoms with Crippen molar-refractivity contribution in [3.05, 3.63) is 47.5 Å². The highest BCUT2D eigenvalue weighted by atomic mass is 16.7. The van der Waals surface area contributed by atoms with Gasteiger partial charge in [-0.15, -0.1) is 0 Å². The van der Waals surface area contributed by atoms with Gasteiger partial charge in [-0.25, -0.2) is 0 Å². The van der Waals surface area contributed by atoms with Crippen LogP contribution >= 0.6 is 0 Å². The van der Waals surface area contributed by atoms with Gasteiger partial charge in [0.15, 0.2) is 23.0 Å². The summed E-state index contributed by atoms with van der Waals surface area (Å²) in [7, 11) is 0. The average Bonchev–Trinajstić information content (AvgIpc) is 3.19. The molecule has 5 heteroatoms. The molecule has 0 saturated carbocycles. The fraction of sp³-hybridized carbons (Fsp3) is 0.294. The van der Waals surface area contributed by atoms with Gasteiger partial charge in [0.05, 0.1) is 0 Å². The summed E-state index contributed by atoms with van der Waals surface area (Å²) in [5.74, 6) is 3.32. The first-order chi connectivity index (χ1) is 10.9. The minimum absolute atomic E-state index is 0.316. The zero-order valence-electron chi connectivity index (χ0n) is 12.1. The summed E-state index contributed by atoms with van der Waals surface area (Å²) in [5.41, 5.74) is 2.43. The quantitative estimate of drug-likeness (QED) is 0.860. The zero-order valence-corrected chi connectivity index (χ0v) is 12.1. The van der Waals surface area contributed by atoms with Gasteiger partial charge in [0.2, 0.25) is 13.6 Å². The van der Waals surface area contributed by atoms with E-state index in [4.69, 9.17) is 18.9 Å². The van der Waals surface area contributed by atoms with Crippen LogP contribution in [0, 0.1) is 0 Å². The van der Waals surface area contributed by atoms with E-state index in [2.05, 4.69) is 17.4 Å². The summed E-state index contributed by atoms with van der Waals surface area (Å²) in [4.78, 5) is 0. The van der Waals surface area contributed by atoms with Crippen molar-refractivity contribution >= 4 is 0 Å². The largest absolute Gasteiger partial charge is 0.454 e. The molecule has 0 spiro atoms. The second-order valence-corrected chi connectivity index (χ2v) is 5.30. The predicted octanol–water partition coefficient (Wildman–Crippen LogP) is 2.48. The van der Waals surface area contributed by atoms with Gasteiger partial charge < -0.3 is 24.3 Å². The smallest absolute Gasteiger partial charge is 0.231 e. The topological polar surface area (TPSA) is 49.0 Å². The van der Waals surface area contributed by atoms with Gasteiger partial charge in [0.25, 0.3) is 0 Å². The summed E-state index contributed by atoms with van der Waals surface area (Å²) in [6, 6.07) is 12.1. The Hall–Kier alpha value is -2.40. The summed E-state index contributed by atoms with van der Waals surface area (Å²) in [5, 5.41) is 3.44. The lowest BCUT2D eigenvalue weighted by atomic mass is 10.1. The predicted molar refractivity (Wildman–Crippen MR) is 80.5 cm³/mol. The molecule has 0 radical (unpaired) electrons. The van der Waals surface area contributed by atoms with E-state index in [0.29, 0.717) is 13.6 Å². The Morgan fingerprint density at radius 2 is 1.32 bits per heavy atom. The number of nitrogens with one attached hydrogen (secondary N) is 1. The molecule has 1 N–H and O–H groups in total. The van der Waals surface area contributed by atoms with Crippen molar-refractivity contribution in [2.24, 2.45) is 0 Å². The van der Waals surface area contributed by atoms with Crippen LogP contribution in [-0.2, 0) is 13.0 Å². The van der Waals surface area contributed by atoms with Crippen molar-refractivity contribution in [2.75, 3.05) is 20.1 Å². The van der Waals surface area contributed by atoms with Crippen LogP contribution in [0.2, 0.25) is 0 Å². The highest BCUT2D eigenvalue weighted by Gasteiger charge is 2.14. The van der Waals surface area contributed by atoms with Gasteiger partial charge in [-0.1, -0.05) is 12.1 Å². The summed E-state index contributed by atoms with van der Waals surface area (Å²) in [6.07, 6.45) is 0.946. The van der Waals surface area contributed by atoms with Gasteiger partial charge in [0, 0.05) is 6.54 Å². The van der Waals surface area contributed by atoms with Gasteiger partial charge in [-0.05, 0) is 48.4 Å². The van der Waals surface area contributed by atoms with Gasteiger partial charge >= 0.3 is 0 Å². The Morgan fingerprint density at radius 1 is 0.727 bits per heavy atom. The molecule has 5 nitrogen and oxygen atoms in total. The second-order valence-electron chi connectivity index (χ2n) is 5.30. The summed E-state index contributed by atoms with van der Waals surface area (Å²) >= 11 is 0. The fourth-order valence-electron chi connectivity index (χ4n) is 2.61. The molecule has 0 saturated heterocycles. The van der Waals surface area contributed by atoms with Crippen molar-refractivity contribution in [1.82, 2.24) is 5.32 Å². The number of fused-ring (bicyclic) bond motifs is 2. The fourth-order valence-corrected chi connectivity index (χ4v) is 2.61. The molecular formula is C17H17NO4. The van der Waals surface area contributed by atoms with E-state index in [9.17, 15) is 0 Å². The Bertz CT molecular complexity index is 627. The van der Waals surface area contributed by atoms with E-state index >= 15 is 0 Å². The van der Waals surface area contributed by atoms with Crippen LogP contribution in [0.1, 0.15) is 11.1 Å². The van der Waals surface area contributed by atoms with Crippen molar-refractivity contribution in [2.45, 2.75) is 13.0 Å². The van der Waals surface area contributed by atoms with Crippen molar-refractivity contribution < 1.29 is 18.9 Å². The van der Waals surface area contributed by atoms with Crippen molar-refractivity contribution in [3.63, 3.8) is 0 Å². The molecule has 2 heterocycles. The van der Waals surface area contributed by atoms with Crippen molar-refractivity contribution in [3.8, 4) is 23.0 Å². The minimum atomic E-state index is 0.316. The molecular weight excluding hydrogens is 282 g/mol. The minimum Gasteiger partial charge on any atom is -0.454 e. The molecule has 2 aliphatic rings. The maximum absolute atomic E-state index is 5.39.